The summed E-state index contributed by atoms with van der Waals surface area (Å²) in [6.45, 7) is 1.99. The largest absolute Gasteiger partial charge is 0.325 e. The summed E-state index contributed by atoms with van der Waals surface area (Å²) < 4.78 is 2.49. The van der Waals surface area contributed by atoms with Crippen molar-refractivity contribution in [2.75, 3.05) is 11.1 Å². The van der Waals surface area contributed by atoms with Crippen LogP contribution in [0.1, 0.15) is 23.1 Å². The van der Waals surface area contributed by atoms with E-state index in [9.17, 15) is 9.59 Å². The van der Waals surface area contributed by atoms with Gasteiger partial charge in [0.2, 0.25) is 5.91 Å². The molecule has 0 aliphatic heterocycles. The number of amides is 1. The van der Waals surface area contributed by atoms with Crippen molar-refractivity contribution in [1.82, 2.24) is 9.55 Å². The summed E-state index contributed by atoms with van der Waals surface area (Å²) in [5.74, 6) is 0.0199. The highest BCUT2D eigenvalue weighted by molar-refractivity contribution is 9.10. The highest BCUT2D eigenvalue weighted by atomic mass is 79.9. The Kier molecular flexibility index (Phi) is 6.08. The number of fused-ring (bicyclic) bond motifs is 2. The number of rotatable bonds is 5. The molecule has 166 valence electrons. The van der Waals surface area contributed by atoms with E-state index in [0.717, 1.165) is 28.6 Å². The second kappa shape index (κ2) is 9.15. The molecule has 1 N–H and O–H groups in total. The second-order valence-corrected chi connectivity index (χ2v) is 9.96. The molecule has 0 radical (unpaired) electrons. The minimum Gasteiger partial charge on any atom is -0.325 e. The molecule has 33 heavy (non-hydrogen) atoms. The summed E-state index contributed by atoms with van der Waals surface area (Å²) in [4.78, 5) is 30.8. The number of aromatic nitrogens is 2. The van der Waals surface area contributed by atoms with Crippen LogP contribution in [-0.2, 0) is 17.6 Å². The lowest BCUT2D eigenvalue weighted by atomic mass is 10.1. The van der Waals surface area contributed by atoms with Gasteiger partial charge in [-0.05, 0) is 79.3 Å². The maximum Gasteiger partial charge on any atom is 0.266 e. The smallest absolute Gasteiger partial charge is 0.266 e. The molecule has 0 saturated carbocycles. The molecule has 5 nitrogen and oxygen atoms in total. The molecular formula is C26H22BrN3O2S. The molecule has 0 fully saturated rings. The second-order valence-electron chi connectivity index (χ2n) is 8.16. The molecule has 0 saturated heterocycles. The van der Waals surface area contributed by atoms with Gasteiger partial charge in [0.25, 0.3) is 5.56 Å². The summed E-state index contributed by atoms with van der Waals surface area (Å²) in [5, 5.41) is 4.01. The first-order valence-electron chi connectivity index (χ1n) is 10.8. The number of hydrogen-bond donors (Lipinski definition) is 1. The zero-order chi connectivity index (χ0) is 22.9. The number of nitrogens with zero attached hydrogens (tertiary/aromatic N) is 2. The lowest BCUT2D eigenvalue weighted by Crippen LogP contribution is -2.23. The van der Waals surface area contributed by atoms with Crippen LogP contribution in [0.15, 0.2) is 75.1 Å². The van der Waals surface area contributed by atoms with E-state index in [1.54, 1.807) is 10.6 Å². The molecule has 3 aromatic carbocycles. The lowest BCUT2D eigenvalue weighted by Gasteiger charge is -2.14. The van der Waals surface area contributed by atoms with E-state index in [-0.39, 0.29) is 17.2 Å². The van der Waals surface area contributed by atoms with Gasteiger partial charge in [-0.15, -0.1) is 0 Å². The fourth-order valence-electron chi connectivity index (χ4n) is 4.13. The van der Waals surface area contributed by atoms with Crippen molar-refractivity contribution in [1.29, 1.82) is 0 Å². The van der Waals surface area contributed by atoms with Gasteiger partial charge < -0.3 is 5.32 Å². The number of para-hydroxylation sites is 1. The molecule has 0 bridgehead atoms. The molecule has 0 unspecified atom stereocenters. The van der Waals surface area contributed by atoms with Crippen LogP contribution in [0, 0.1) is 6.92 Å². The van der Waals surface area contributed by atoms with Gasteiger partial charge in [-0.25, -0.2) is 4.98 Å². The molecule has 1 heterocycles. The Bertz CT molecular complexity index is 1450. The van der Waals surface area contributed by atoms with E-state index in [2.05, 4.69) is 33.4 Å². The van der Waals surface area contributed by atoms with Gasteiger partial charge in [-0.1, -0.05) is 52.0 Å². The standard InChI is InChI=1S/C26H22BrN3O2S/c1-16-9-12-20(14-22(16)27)30-25(32)21-7-2-3-8-23(21)29-26(30)33-15-24(31)28-19-11-10-17-5-4-6-18(17)13-19/h2-3,7-14H,4-6,15H2,1H3,(H,28,31). The molecule has 7 heteroatoms. The topological polar surface area (TPSA) is 64.0 Å². The van der Waals surface area contributed by atoms with Gasteiger partial charge in [-0.2, -0.15) is 0 Å². The minimum absolute atomic E-state index is 0.128. The van der Waals surface area contributed by atoms with Crippen molar-refractivity contribution in [2.45, 2.75) is 31.3 Å². The number of anilines is 1. The third-order valence-corrected chi connectivity index (χ3v) is 7.67. The first kappa shape index (κ1) is 21.9. The number of benzene rings is 3. The van der Waals surface area contributed by atoms with Crippen molar-refractivity contribution in [3.8, 4) is 5.69 Å². The summed E-state index contributed by atoms with van der Waals surface area (Å²) >= 11 is 4.81. The fraction of sp³-hybridized carbons (Fsp3) is 0.192. The third-order valence-electron chi connectivity index (χ3n) is 5.87. The van der Waals surface area contributed by atoms with E-state index in [0.29, 0.717) is 21.7 Å². The molecule has 0 atom stereocenters. The van der Waals surface area contributed by atoms with E-state index < -0.39 is 0 Å². The maximum atomic E-state index is 13.4. The van der Waals surface area contributed by atoms with Gasteiger partial charge >= 0.3 is 0 Å². The normalized spacial score (nSPS) is 12.7. The van der Waals surface area contributed by atoms with Crippen LogP contribution >= 0.6 is 27.7 Å². The van der Waals surface area contributed by atoms with Crippen molar-refractivity contribution < 1.29 is 4.79 Å². The predicted octanol–water partition coefficient (Wildman–Crippen LogP) is 5.68. The predicted molar refractivity (Wildman–Crippen MR) is 138 cm³/mol. The Hall–Kier alpha value is -2.90. The molecule has 4 aromatic rings. The number of halogens is 1. The van der Waals surface area contributed by atoms with Gasteiger partial charge in [0.1, 0.15) is 0 Å². The van der Waals surface area contributed by atoms with Crippen molar-refractivity contribution in [3.05, 3.63) is 92.2 Å². The van der Waals surface area contributed by atoms with Crippen LogP contribution < -0.4 is 10.9 Å². The number of aryl methyl sites for hydroxylation is 3. The lowest BCUT2D eigenvalue weighted by molar-refractivity contribution is -0.113. The number of nitrogens with one attached hydrogen (secondary N) is 1. The molecule has 1 aliphatic carbocycles. The average molecular weight is 520 g/mol. The van der Waals surface area contributed by atoms with Crippen LogP contribution in [0.2, 0.25) is 0 Å². The first-order valence-corrected chi connectivity index (χ1v) is 12.6. The maximum absolute atomic E-state index is 13.4. The fourth-order valence-corrected chi connectivity index (χ4v) is 5.31. The molecule has 1 aromatic heterocycles. The molecule has 1 aliphatic rings. The Morgan fingerprint density at radius 1 is 1.09 bits per heavy atom. The zero-order valence-corrected chi connectivity index (χ0v) is 20.5. The molecular weight excluding hydrogens is 498 g/mol. The van der Waals surface area contributed by atoms with Gasteiger partial charge in [-0.3, -0.25) is 14.2 Å². The van der Waals surface area contributed by atoms with Crippen LogP contribution in [0.25, 0.3) is 16.6 Å². The average Bonchev–Trinajstić information content (AvgIpc) is 3.28. The highest BCUT2D eigenvalue weighted by Gasteiger charge is 2.16. The van der Waals surface area contributed by atoms with E-state index in [1.807, 2.05) is 49.4 Å². The SMILES string of the molecule is Cc1ccc(-n2c(SCC(=O)Nc3ccc4c(c3)CCC4)nc3ccccc3c2=O)cc1Br. The summed E-state index contributed by atoms with van der Waals surface area (Å²) in [7, 11) is 0. The van der Waals surface area contributed by atoms with Gasteiger partial charge in [0.05, 0.1) is 22.3 Å². The molecule has 5 rings (SSSR count). The van der Waals surface area contributed by atoms with E-state index in [1.165, 1.54) is 29.3 Å². The van der Waals surface area contributed by atoms with Crippen molar-refractivity contribution >= 4 is 50.2 Å². The number of carbonyl (C=O) groups excluding carboxylic acids is 1. The summed E-state index contributed by atoms with van der Waals surface area (Å²) in [6.07, 6.45) is 3.34. The zero-order valence-electron chi connectivity index (χ0n) is 18.1. The van der Waals surface area contributed by atoms with Crippen LogP contribution in [0.5, 0.6) is 0 Å². The van der Waals surface area contributed by atoms with Crippen LogP contribution in [0.4, 0.5) is 5.69 Å². The summed E-state index contributed by atoms with van der Waals surface area (Å²) in [6, 6.07) is 19.2. The van der Waals surface area contributed by atoms with Gasteiger partial charge in [0, 0.05) is 10.2 Å². The third kappa shape index (κ3) is 4.48. The number of hydrogen-bond acceptors (Lipinski definition) is 4. The molecule has 1 amide bonds. The highest BCUT2D eigenvalue weighted by Crippen LogP contribution is 2.27. The van der Waals surface area contributed by atoms with Crippen molar-refractivity contribution in [3.63, 3.8) is 0 Å². The van der Waals surface area contributed by atoms with Gasteiger partial charge in [0.15, 0.2) is 5.16 Å². The monoisotopic (exact) mass is 519 g/mol. The quantitative estimate of drug-likeness (QED) is 0.272. The first-order chi connectivity index (χ1) is 16.0. The van der Waals surface area contributed by atoms with E-state index in [4.69, 9.17) is 4.98 Å². The van der Waals surface area contributed by atoms with E-state index >= 15 is 0 Å². The van der Waals surface area contributed by atoms with Crippen LogP contribution in [0.3, 0.4) is 0 Å². The Morgan fingerprint density at radius 3 is 2.76 bits per heavy atom. The Labute approximate surface area is 204 Å². The summed E-state index contributed by atoms with van der Waals surface area (Å²) in [5.41, 5.74) is 5.74. The number of carbonyl (C=O) groups is 1. The van der Waals surface area contributed by atoms with Crippen LogP contribution in [-0.4, -0.2) is 21.2 Å². The van der Waals surface area contributed by atoms with Crippen molar-refractivity contribution in [2.24, 2.45) is 0 Å². The minimum atomic E-state index is -0.155. The Balaban J connectivity index is 1.45. The Morgan fingerprint density at radius 2 is 1.91 bits per heavy atom. The number of thioether (sulfide) groups is 1. The molecule has 0 spiro atoms.